The Morgan fingerprint density at radius 1 is 0.933 bits per heavy atom. The Balaban J connectivity index is 1.19. The first-order valence-electron chi connectivity index (χ1n) is 10.2. The van der Waals surface area contributed by atoms with Gasteiger partial charge in [-0.15, -0.1) is 0 Å². The van der Waals surface area contributed by atoms with Crippen LogP contribution in [0.25, 0.3) is 0 Å². The SMILES string of the molecule is Cc1ccc(Oc2ccc(NC(=O)CN3C(=O)C4C5C=CC(C5)C4C3=O)cc2)cc1. The number of benzene rings is 2. The Morgan fingerprint density at radius 3 is 2.03 bits per heavy atom. The highest BCUT2D eigenvalue weighted by molar-refractivity contribution is 6.09. The summed E-state index contributed by atoms with van der Waals surface area (Å²) in [4.78, 5) is 39.0. The van der Waals surface area contributed by atoms with E-state index in [1.807, 2.05) is 43.3 Å². The van der Waals surface area contributed by atoms with Gasteiger partial charge in [-0.2, -0.15) is 0 Å². The fourth-order valence-electron chi connectivity index (χ4n) is 4.81. The second kappa shape index (κ2) is 7.13. The molecule has 4 unspecified atom stereocenters. The first kappa shape index (κ1) is 18.6. The van der Waals surface area contributed by atoms with E-state index in [1.54, 1.807) is 24.3 Å². The lowest BCUT2D eigenvalue weighted by atomic mass is 9.85. The van der Waals surface area contributed by atoms with Gasteiger partial charge < -0.3 is 10.1 Å². The number of allylic oxidation sites excluding steroid dienone is 2. The van der Waals surface area contributed by atoms with Gasteiger partial charge in [0.25, 0.3) is 0 Å². The lowest BCUT2D eigenvalue weighted by molar-refractivity contribution is -0.143. The number of carbonyl (C=O) groups is 3. The average Bonchev–Trinajstić information content (AvgIpc) is 3.41. The van der Waals surface area contributed by atoms with Crippen LogP contribution in [0.1, 0.15) is 12.0 Å². The van der Waals surface area contributed by atoms with Crippen molar-refractivity contribution in [2.75, 3.05) is 11.9 Å². The van der Waals surface area contributed by atoms with Gasteiger partial charge in [0.15, 0.2) is 0 Å². The minimum atomic E-state index is -0.385. The summed E-state index contributed by atoms with van der Waals surface area (Å²) in [6, 6.07) is 14.7. The van der Waals surface area contributed by atoms with Crippen molar-refractivity contribution in [3.05, 3.63) is 66.2 Å². The number of nitrogens with one attached hydrogen (secondary N) is 1. The molecule has 3 aliphatic rings. The molecule has 1 aliphatic heterocycles. The summed E-state index contributed by atoms with van der Waals surface area (Å²) in [7, 11) is 0. The van der Waals surface area contributed by atoms with Gasteiger partial charge in [0.05, 0.1) is 11.8 Å². The van der Waals surface area contributed by atoms with E-state index in [9.17, 15) is 14.4 Å². The first-order valence-corrected chi connectivity index (χ1v) is 10.2. The molecule has 6 heteroatoms. The molecule has 2 aromatic carbocycles. The summed E-state index contributed by atoms with van der Waals surface area (Å²) < 4.78 is 5.78. The molecule has 1 N–H and O–H groups in total. The van der Waals surface area contributed by atoms with Crippen LogP contribution in [-0.2, 0) is 14.4 Å². The molecule has 6 nitrogen and oxygen atoms in total. The van der Waals surface area contributed by atoms with Crippen LogP contribution in [-0.4, -0.2) is 29.2 Å². The molecular weight excluding hydrogens is 380 g/mol. The van der Waals surface area contributed by atoms with Crippen molar-refractivity contribution in [3.8, 4) is 11.5 Å². The second-order valence-corrected chi connectivity index (χ2v) is 8.25. The number of anilines is 1. The number of aryl methyl sites for hydroxylation is 1. The van der Waals surface area contributed by atoms with Crippen molar-refractivity contribution < 1.29 is 19.1 Å². The number of ether oxygens (including phenoxy) is 1. The topological polar surface area (TPSA) is 75.7 Å². The highest BCUT2D eigenvalue weighted by atomic mass is 16.5. The van der Waals surface area contributed by atoms with Crippen LogP contribution in [0.4, 0.5) is 5.69 Å². The molecule has 0 aromatic heterocycles. The number of fused-ring (bicyclic) bond motifs is 5. The van der Waals surface area contributed by atoms with Gasteiger partial charge in [0, 0.05) is 5.69 Å². The van der Waals surface area contributed by atoms with Crippen LogP contribution >= 0.6 is 0 Å². The summed E-state index contributed by atoms with van der Waals surface area (Å²) in [6.45, 7) is 1.77. The van der Waals surface area contributed by atoms with Gasteiger partial charge >= 0.3 is 0 Å². The van der Waals surface area contributed by atoms with E-state index < -0.39 is 0 Å². The van der Waals surface area contributed by atoms with Crippen LogP contribution < -0.4 is 10.1 Å². The Bertz CT molecular complexity index is 1010. The van der Waals surface area contributed by atoms with Gasteiger partial charge in [0.2, 0.25) is 17.7 Å². The zero-order valence-corrected chi connectivity index (χ0v) is 16.6. The largest absolute Gasteiger partial charge is 0.457 e. The molecule has 2 aromatic rings. The third-order valence-electron chi connectivity index (χ3n) is 6.26. The Labute approximate surface area is 174 Å². The van der Waals surface area contributed by atoms with E-state index in [4.69, 9.17) is 4.74 Å². The number of hydrogen-bond donors (Lipinski definition) is 1. The maximum absolute atomic E-state index is 12.7. The fraction of sp³-hybridized carbons (Fsp3) is 0.292. The number of rotatable bonds is 5. The van der Waals surface area contributed by atoms with E-state index in [2.05, 4.69) is 5.32 Å². The van der Waals surface area contributed by atoms with Gasteiger partial charge in [-0.05, 0) is 61.6 Å². The van der Waals surface area contributed by atoms with Crippen molar-refractivity contribution in [2.45, 2.75) is 13.3 Å². The maximum atomic E-state index is 12.7. The molecule has 5 rings (SSSR count). The number of amides is 3. The normalized spacial score (nSPS) is 26.2. The predicted molar refractivity (Wildman–Crippen MR) is 111 cm³/mol. The first-order chi connectivity index (χ1) is 14.5. The monoisotopic (exact) mass is 402 g/mol. The van der Waals surface area contributed by atoms with E-state index in [-0.39, 0.29) is 47.9 Å². The molecule has 30 heavy (non-hydrogen) atoms. The van der Waals surface area contributed by atoms with Gasteiger partial charge in [0.1, 0.15) is 18.0 Å². The van der Waals surface area contributed by atoms with Gasteiger partial charge in [-0.25, -0.2) is 0 Å². The zero-order valence-electron chi connectivity index (χ0n) is 16.6. The highest BCUT2D eigenvalue weighted by Crippen LogP contribution is 2.52. The number of imide groups is 1. The Morgan fingerprint density at radius 2 is 1.47 bits per heavy atom. The van der Waals surface area contributed by atoms with Crippen LogP contribution in [0.2, 0.25) is 0 Å². The van der Waals surface area contributed by atoms with E-state index >= 15 is 0 Å². The van der Waals surface area contributed by atoms with Crippen LogP contribution in [0.15, 0.2) is 60.7 Å². The standard InChI is InChI=1S/C24H22N2O4/c1-14-2-8-18(9-3-14)30-19-10-6-17(7-11-19)25-20(27)13-26-23(28)21-15-4-5-16(12-15)22(21)24(26)29/h2-11,15-16,21-22H,12-13H2,1H3,(H,25,27). The van der Waals surface area contributed by atoms with E-state index in [0.29, 0.717) is 11.4 Å². The number of likely N-dealkylation sites (tertiary alicyclic amines) is 1. The molecule has 0 radical (unpaired) electrons. The molecule has 2 aliphatic carbocycles. The van der Waals surface area contributed by atoms with Crippen molar-refractivity contribution in [1.29, 1.82) is 0 Å². The molecule has 3 amide bonds. The molecular formula is C24H22N2O4. The van der Waals surface area contributed by atoms with Crippen molar-refractivity contribution in [1.82, 2.24) is 4.90 Å². The van der Waals surface area contributed by atoms with Crippen LogP contribution in [0, 0.1) is 30.6 Å². The third kappa shape index (κ3) is 3.18. The van der Waals surface area contributed by atoms with Crippen LogP contribution in [0.3, 0.4) is 0 Å². The molecule has 2 fully saturated rings. The van der Waals surface area contributed by atoms with Gasteiger partial charge in [-0.3, -0.25) is 19.3 Å². The van der Waals surface area contributed by atoms with Crippen LogP contribution in [0.5, 0.6) is 11.5 Å². The molecule has 152 valence electrons. The average molecular weight is 402 g/mol. The number of carbonyl (C=O) groups excluding carboxylic acids is 3. The molecule has 4 atom stereocenters. The maximum Gasteiger partial charge on any atom is 0.244 e. The summed E-state index contributed by atoms with van der Waals surface area (Å²) in [5.41, 5.74) is 1.74. The third-order valence-corrected chi connectivity index (χ3v) is 6.26. The molecule has 0 spiro atoms. The number of hydrogen-bond acceptors (Lipinski definition) is 4. The second-order valence-electron chi connectivity index (χ2n) is 8.25. The van der Waals surface area contributed by atoms with Crippen molar-refractivity contribution >= 4 is 23.4 Å². The van der Waals surface area contributed by atoms with E-state index in [1.165, 1.54) is 0 Å². The molecule has 2 bridgehead atoms. The Kier molecular flexibility index (Phi) is 4.42. The van der Waals surface area contributed by atoms with Gasteiger partial charge in [-0.1, -0.05) is 29.8 Å². The zero-order chi connectivity index (χ0) is 20.8. The highest BCUT2D eigenvalue weighted by Gasteiger charge is 2.59. The summed E-state index contributed by atoms with van der Waals surface area (Å²) in [5.74, 6) is 0.310. The minimum Gasteiger partial charge on any atom is -0.457 e. The lowest BCUT2D eigenvalue weighted by Gasteiger charge is -2.17. The smallest absolute Gasteiger partial charge is 0.244 e. The molecule has 1 heterocycles. The quantitative estimate of drug-likeness (QED) is 0.613. The van der Waals surface area contributed by atoms with Crippen molar-refractivity contribution in [2.24, 2.45) is 23.7 Å². The summed E-state index contributed by atoms with van der Waals surface area (Å²) in [5, 5.41) is 2.76. The molecule has 1 saturated heterocycles. The van der Waals surface area contributed by atoms with E-state index in [0.717, 1.165) is 22.6 Å². The molecule has 1 saturated carbocycles. The summed E-state index contributed by atoms with van der Waals surface area (Å²) >= 11 is 0. The lowest BCUT2D eigenvalue weighted by Crippen LogP contribution is -2.39. The van der Waals surface area contributed by atoms with Crippen molar-refractivity contribution in [3.63, 3.8) is 0 Å². The number of nitrogens with zero attached hydrogens (tertiary/aromatic N) is 1. The predicted octanol–water partition coefficient (Wildman–Crippen LogP) is 3.53. The fourth-order valence-corrected chi connectivity index (χ4v) is 4.81. The summed E-state index contributed by atoms with van der Waals surface area (Å²) in [6.07, 6.45) is 4.96. The minimum absolute atomic E-state index is 0.144. The Hall–Kier alpha value is -3.41.